The highest BCUT2D eigenvalue weighted by molar-refractivity contribution is 5.93. The maximum absolute atomic E-state index is 7.38. The van der Waals surface area contributed by atoms with Gasteiger partial charge in [-0.1, -0.05) is 13.8 Å². The van der Waals surface area contributed by atoms with Crippen molar-refractivity contribution in [2.45, 2.75) is 26.8 Å². The lowest BCUT2D eigenvalue weighted by molar-refractivity contribution is 0.284. The molecule has 0 saturated carbocycles. The van der Waals surface area contributed by atoms with Crippen LogP contribution < -0.4 is 5.73 Å². The molecular weight excluding hydrogens is 212 g/mol. The molecule has 1 saturated heterocycles. The van der Waals surface area contributed by atoms with Crippen LogP contribution in [-0.2, 0) is 6.54 Å². The van der Waals surface area contributed by atoms with Gasteiger partial charge in [-0.2, -0.15) is 0 Å². The molecule has 92 valence electrons. The van der Waals surface area contributed by atoms with Crippen molar-refractivity contribution in [2.24, 2.45) is 11.1 Å². The summed E-state index contributed by atoms with van der Waals surface area (Å²) in [6, 6.07) is 3.91. The highest BCUT2D eigenvalue weighted by atomic mass is 15.1. The number of hydrogen-bond acceptors (Lipinski definition) is 3. The van der Waals surface area contributed by atoms with Crippen LogP contribution in [0.25, 0.3) is 0 Å². The van der Waals surface area contributed by atoms with E-state index in [1.807, 2.05) is 12.1 Å². The SMILES string of the molecule is CC1(C)CCN(Cc2ccnc(C(=N)N)c2)C1. The van der Waals surface area contributed by atoms with Crippen LogP contribution in [0.2, 0.25) is 0 Å². The summed E-state index contributed by atoms with van der Waals surface area (Å²) < 4.78 is 0. The molecule has 2 rings (SSSR count). The van der Waals surface area contributed by atoms with E-state index in [0.29, 0.717) is 11.1 Å². The molecule has 1 aliphatic heterocycles. The van der Waals surface area contributed by atoms with Gasteiger partial charge in [-0.15, -0.1) is 0 Å². The smallest absolute Gasteiger partial charge is 0.141 e. The number of rotatable bonds is 3. The summed E-state index contributed by atoms with van der Waals surface area (Å²) in [6.45, 7) is 7.81. The van der Waals surface area contributed by atoms with Crippen LogP contribution in [0.3, 0.4) is 0 Å². The quantitative estimate of drug-likeness (QED) is 0.614. The Balaban J connectivity index is 2.04. The molecule has 3 N–H and O–H groups in total. The third kappa shape index (κ3) is 3.03. The third-order valence-corrected chi connectivity index (χ3v) is 3.26. The van der Waals surface area contributed by atoms with E-state index in [2.05, 4.69) is 23.7 Å². The van der Waals surface area contributed by atoms with Crippen molar-refractivity contribution in [2.75, 3.05) is 13.1 Å². The Kier molecular flexibility index (Phi) is 3.15. The van der Waals surface area contributed by atoms with Crippen LogP contribution in [0.4, 0.5) is 0 Å². The molecular formula is C13H20N4. The van der Waals surface area contributed by atoms with Gasteiger partial charge in [0.15, 0.2) is 0 Å². The van der Waals surface area contributed by atoms with E-state index in [1.54, 1.807) is 6.20 Å². The van der Waals surface area contributed by atoms with Gasteiger partial charge in [-0.25, -0.2) is 0 Å². The van der Waals surface area contributed by atoms with E-state index >= 15 is 0 Å². The first-order valence-electron chi connectivity index (χ1n) is 5.98. The summed E-state index contributed by atoms with van der Waals surface area (Å²) in [5.41, 5.74) is 7.62. The van der Waals surface area contributed by atoms with Gasteiger partial charge in [0.2, 0.25) is 0 Å². The predicted octanol–water partition coefficient (Wildman–Crippen LogP) is 1.60. The fourth-order valence-corrected chi connectivity index (χ4v) is 2.34. The molecule has 17 heavy (non-hydrogen) atoms. The second kappa shape index (κ2) is 4.45. The Bertz CT molecular complexity index is 425. The average molecular weight is 232 g/mol. The van der Waals surface area contributed by atoms with Crippen molar-refractivity contribution < 1.29 is 0 Å². The lowest BCUT2D eigenvalue weighted by Gasteiger charge is -2.19. The van der Waals surface area contributed by atoms with Crippen molar-refractivity contribution in [3.05, 3.63) is 29.6 Å². The van der Waals surface area contributed by atoms with E-state index in [-0.39, 0.29) is 5.84 Å². The molecule has 0 radical (unpaired) electrons. The summed E-state index contributed by atoms with van der Waals surface area (Å²) in [4.78, 5) is 6.52. The van der Waals surface area contributed by atoms with Gasteiger partial charge < -0.3 is 5.73 Å². The van der Waals surface area contributed by atoms with Gasteiger partial charge in [-0.3, -0.25) is 15.3 Å². The van der Waals surface area contributed by atoms with Crippen LogP contribution in [0.15, 0.2) is 18.3 Å². The fourth-order valence-electron chi connectivity index (χ4n) is 2.34. The largest absolute Gasteiger partial charge is 0.382 e. The molecule has 0 unspecified atom stereocenters. The Morgan fingerprint density at radius 2 is 2.35 bits per heavy atom. The summed E-state index contributed by atoms with van der Waals surface area (Å²) >= 11 is 0. The zero-order valence-corrected chi connectivity index (χ0v) is 10.5. The fraction of sp³-hybridized carbons (Fsp3) is 0.538. The number of nitrogens with one attached hydrogen (secondary N) is 1. The molecule has 1 fully saturated rings. The summed E-state index contributed by atoms with van der Waals surface area (Å²) in [5, 5.41) is 7.38. The molecule has 0 aromatic carbocycles. The lowest BCUT2D eigenvalue weighted by atomic mass is 9.93. The lowest BCUT2D eigenvalue weighted by Crippen LogP contribution is -2.23. The van der Waals surface area contributed by atoms with E-state index in [0.717, 1.165) is 19.6 Å². The monoisotopic (exact) mass is 232 g/mol. The van der Waals surface area contributed by atoms with Crippen molar-refractivity contribution >= 4 is 5.84 Å². The Morgan fingerprint density at radius 1 is 1.59 bits per heavy atom. The number of nitrogens with two attached hydrogens (primary N) is 1. The van der Waals surface area contributed by atoms with Crippen LogP contribution >= 0.6 is 0 Å². The van der Waals surface area contributed by atoms with Crippen LogP contribution in [0.5, 0.6) is 0 Å². The number of amidine groups is 1. The first kappa shape index (κ1) is 12.0. The van der Waals surface area contributed by atoms with E-state index in [9.17, 15) is 0 Å². The average Bonchev–Trinajstić information content (AvgIpc) is 2.58. The van der Waals surface area contributed by atoms with Gasteiger partial charge in [0.1, 0.15) is 11.5 Å². The second-order valence-electron chi connectivity index (χ2n) is 5.59. The molecule has 0 aliphatic carbocycles. The summed E-state index contributed by atoms with van der Waals surface area (Å²) in [6.07, 6.45) is 2.98. The Morgan fingerprint density at radius 3 is 2.94 bits per heavy atom. The third-order valence-electron chi connectivity index (χ3n) is 3.26. The molecule has 0 atom stereocenters. The topological polar surface area (TPSA) is 66.0 Å². The number of hydrogen-bond donors (Lipinski definition) is 2. The van der Waals surface area contributed by atoms with Gasteiger partial charge in [-0.05, 0) is 36.1 Å². The first-order valence-corrected chi connectivity index (χ1v) is 5.98. The molecule has 1 aromatic heterocycles. The molecule has 2 heterocycles. The minimum absolute atomic E-state index is 0.0357. The number of nitrogens with zero attached hydrogens (tertiary/aromatic N) is 2. The highest BCUT2D eigenvalue weighted by Crippen LogP contribution is 2.29. The molecule has 4 heteroatoms. The predicted molar refractivity (Wildman–Crippen MR) is 68.9 cm³/mol. The standard InChI is InChI=1S/C13H20N4/c1-13(2)4-6-17(9-13)8-10-3-5-16-11(7-10)12(14)15/h3,5,7H,4,6,8-9H2,1-2H3,(H3,14,15). The maximum atomic E-state index is 7.38. The Labute approximate surface area is 102 Å². The van der Waals surface area contributed by atoms with Crippen molar-refractivity contribution in [1.29, 1.82) is 5.41 Å². The maximum Gasteiger partial charge on any atom is 0.141 e. The van der Waals surface area contributed by atoms with Crippen LogP contribution in [0, 0.1) is 10.8 Å². The molecule has 0 spiro atoms. The molecule has 1 aliphatic rings. The van der Waals surface area contributed by atoms with Crippen molar-refractivity contribution in [3.8, 4) is 0 Å². The molecule has 4 nitrogen and oxygen atoms in total. The zero-order chi connectivity index (χ0) is 12.5. The zero-order valence-electron chi connectivity index (χ0n) is 10.5. The molecule has 0 amide bonds. The van der Waals surface area contributed by atoms with E-state index < -0.39 is 0 Å². The molecule has 0 bridgehead atoms. The number of aromatic nitrogens is 1. The van der Waals surface area contributed by atoms with Gasteiger partial charge in [0, 0.05) is 19.3 Å². The van der Waals surface area contributed by atoms with E-state index in [1.165, 1.54) is 12.0 Å². The highest BCUT2D eigenvalue weighted by Gasteiger charge is 2.28. The number of likely N-dealkylation sites (tertiary alicyclic amines) is 1. The normalized spacial score (nSPS) is 19.4. The summed E-state index contributed by atoms with van der Waals surface area (Å²) in [7, 11) is 0. The van der Waals surface area contributed by atoms with Crippen molar-refractivity contribution in [1.82, 2.24) is 9.88 Å². The second-order valence-corrected chi connectivity index (χ2v) is 5.59. The minimum atomic E-state index is 0.0357. The van der Waals surface area contributed by atoms with Gasteiger partial charge in [0.05, 0.1) is 0 Å². The van der Waals surface area contributed by atoms with Crippen LogP contribution in [0.1, 0.15) is 31.5 Å². The minimum Gasteiger partial charge on any atom is -0.382 e. The van der Waals surface area contributed by atoms with Gasteiger partial charge >= 0.3 is 0 Å². The van der Waals surface area contributed by atoms with E-state index in [4.69, 9.17) is 11.1 Å². The summed E-state index contributed by atoms with van der Waals surface area (Å²) in [5.74, 6) is 0.0357. The number of nitrogen functional groups attached to an aromatic ring is 1. The van der Waals surface area contributed by atoms with Crippen LogP contribution in [-0.4, -0.2) is 28.8 Å². The number of pyridine rings is 1. The van der Waals surface area contributed by atoms with Crippen molar-refractivity contribution in [3.63, 3.8) is 0 Å². The first-order chi connectivity index (χ1) is 7.96. The van der Waals surface area contributed by atoms with Gasteiger partial charge in [0.25, 0.3) is 0 Å². The Hall–Kier alpha value is -1.42. The molecule has 1 aromatic rings.